The summed E-state index contributed by atoms with van der Waals surface area (Å²) in [6.07, 6.45) is 0. The zero-order chi connectivity index (χ0) is 25.1. The van der Waals surface area contributed by atoms with Gasteiger partial charge in [-0.1, -0.05) is 42.5 Å². The van der Waals surface area contributed by atoms with Crippen molar-refractivity contribution in [3.63, 3.8) is 0 Å². The van der Waals surface area contributed by atoms with Crippen LogP contribution in [-0.4, -0.2) is 79.0 Å². The standard InChI is InChI=1S/C29H33N5O2/c1-22-8-3-5-12-26(22)31-14-18-33(19-15-31)28(35)24-10-7-11-25(30-24)29(36)34-20-16-32(17-21-34)27-13-6-4-9-23(27)2/h3-13H,14-21H2,1-2H3. The topological polar surface area (TPSA) is 60.0 Å². The van der Waals surface area contributed by atoms with Crippen molar-refractivity contribution in [1.82, 2.24) is 14.8 Å². The molecule has 0 atom stereocenters. The number of hydrogen-bond donors (Lipinski definition) is 0. The molecule has 2 amide bonds. The molecule has 7 nitrogen and oxygen atoms in total. The summed E-state index contributed by atoms with van der Waals surface area (Å²) >= 11 is 0. The third kappa shape index (κ3) is 4.91. The van der Waals surface area contributed by atoms with E-state index in [9.17, 15) is 9.59 Å². The number of benzene rings is 2. The summed E-state index contributed by atoms with van der Waals surface area (Å²) in [6, 6.07) is 21.9. The molecule has 1 aromatic heterocycles. The number of nitrogens with zero attached hydrogens (tertiary/aromatic N) is 5. The Morgan fingerprint density at radius 1 is 0.556 bits per heavy atom. The van der Waals surface area contributed by atoms with Crippen LogP contribution in [0.4, 0.5) is 11.4 Å². The highest BCUT2D eigenvalue weighted by Crippen LogP contribution is 2.23. The largest absolute Gasteiger partial charge is 0.368 e. The van der Waals surface area contributed by atoms with E-state index in [0.717, 1.165) is 26.2 Å². The molecule has 0 spiro atoms. The number of amides is 2. The van der Waals surface area contributed by atoms with Crippen LogP contribution in [0.15, 0.2) is 66.7 Å². The highest BCUT2D eigenvalue weighted by Gasteiger charge is 2.27. The summed E-state index contributed by atoms with van der Waals surface area (Å²) in [5, 5.41) is 0. The molecule has 5 rings (SSSR count). The molecule has 2 fully saturated rings. The van der Waals surface area contributed by atoms with Gasteiger partial charge in [0.2, 0.25) is 0 Å². The van der Waals surface area contributed by atoms with E-state index >= 15 is 0 Å². The first-order valence-electron chi connectivity index (χ1n) is 12.7. The quantitative estimate of drug-likeness (QED) is 0.567. The van der Waals surface area contributed by atoms with Crippen LogP contribution in [0.2, 0.25) is 0 Å². The minimum Gasteiger partial charge on any atom is -0.368 e. The van der Waals surface area contributed by atoms with Crippen LogP contribution in [0.25, 0.3) is 0 Å². The van der Waals surface area contributed by atoms with Gasteiger partial charge in [0, 0.05) is 63.7 Å². The van der Waals surface area contributed by atoms with E-state index in [4.69, 9.17) is 0 Å². The Balaban J connectivity index is 1.20. The van der Waals surface area contributed by atoms with Crippen molar-refractivity contribution in [2.24, 2.45) is 0 Å². The summed E-state index contributed by atoms with van der Waals surface area (Å²) in [6.45, 7) is 9.87. The van der Waals surface area contributed by atoms with Gasteiger partial charge in [-0.05, 0) is 49.2 Å². The number of aromatic nitrogens is 1. The molecule has 2 aliphatic heterocycles. The Kier molecular flexibility index (Phi) is 6.89. The molecule has 2 aromatic carbocycles. The lowest BCUT2D eigenvalue weighted by molar-refractivity contribution is 0.0733. The number of hydrogen-bond acceptors (Lipinski definition) is 5. The number of piperazine rings is 2. The predicted molar refractivity (Wildman–Crippen MR) is 143 cm³/mol. The van der Waals surface area contributed by atoms with E-state index < -0.39 is 0 Å². The number of anilines is 2. The molecule has 3 heterocycles. The van der Waals surface area contributed by atoms with Gasteiger partial charge >= 0.3 is 0 Å². The molecule has 36 heavy (non-hydrogen) atoms. The molecule has 0 bridgehead atoms. The average molecular weight is 484 g/mol. The number of aryl methyl sites for hydroxylation is 2. The third-order valence-electron chi connectivity index (χ3n) is 7.23. The van der Waals surface area contributed by atoms with Gasteiger partial charge in [-0.3, -0.25) is 9.59 Å². The van der Waals surface area contributed by atoms with Crippen LogP contribution >= 0.6 is 0 Å². The second-order valence-electron chi connectivity index (χ2n) is 9.54. The van der Waals surface area contributed by atoms with E-state index in [0.29, 0.717) is 37.6 Å². The van der Waals surface area contributed by atoms with Gasteiger partial charge in [0.1, 0.15) is 11.4 Å². The van der Waals surface area contributed by atoms with Crippen LogP contribution in [0.5, 0.6) is 0 Å². The normalized spacial score (nSPS) is 16.3. The Bertz CT molecular complexity index is 1150. The first-order valence-corrected chi connectivity index (χ1v) is 12.7. The fourth-order valence-electron chi connectivity index (χ4n) is 5.13. The number of carbonyl (C=O) groups excluding carboxylic acids is 2. The first-order chi connectivity index (χ1) is 17.5. The molecule has 7 heteroatoms. The van der Waals surface area contributed by atoms with E-state index in [-0.39, 0.29) is 11.8 Å². The molecule has 0 saturated carbocycles. The highest BCUT2D eigenvalue weighted by molar-refractivity contribution is 5.96. The third-order valence-corrected chi connectivity index (χ3v) is 7.23. The molecule has 0 unspecified atom stereocenters. The summed E-state index contributed by atoms with van der Waals surface area (Å²) in [4.78, 5) is 39.2. The molecule has 3 aromatic rings. The average Bonchev–Trinajstić information content (AvgIpc) is 2.93. The Morgan fingerprint density at radius 2 is 0.944 bits per heavy atom. The second-order valence-corrected chi connectivity index (χ2v) is 9.54. The maximum atomic E-state index is 13.2. The summed E-state index contributed by atoms with van der Waals surface area (Å²) < 4.78 is 0. The number of carbonyl (C=O) groups is 2. The van der Waals surface area contributed by atoms with Crippen molar-refractivity contribution in [2.75, 3.05) is 62.2 Å². The molecular formula is C29H33N5O2. The van der Waals surface area contributed by atoms with Gasteiger partial charge in [-0.15, -0.1) is 0 Å². The van der Waals surface area contributed by atoms with Gasteiger partial charge < -0.3 is 19.6 Å². The number of pyridine rings is 1. The molecule has 0 N–H and O–H groups in total. The van der Waals surface area contributed by atoms with E-state index in [2.05, 4.69) is 65.0 Å². The zero-order valence-electron chi connectivity index (χ0n) is 21.1. The fourth-order valence-corrected chi connectivity index (χ4v) is 5.13. The Labute approximate surface area is 212 Å². The lowest BCUT2D eigenvalue weighted by Crippen LogP contribution is -2.49. The van der Waals surface area contributed by atoms with Crippen molar-refractivity contribution in [2.45, 2.75) is 13.8 Å². The molecular weight excluding hydrogens is 450 g/mol. The van der Waals surface area contributed by atoms with Gasteiger partial charge in [0.25, 0.3) is 11.8 Å². The summed E-state index contributed by atoms with van der Waals surface area (Å²) in [7, 11) is 0. The first kappa shape index (κ1) is 23.9. The van der Waals surface area contributed by atoms with E-state index in [1.807, 2.05) is 21.9 Å². The number of rotatable bonds is 4. The Hall–Kier alpha value is -3.87. The summed E-state index contributed by atoms with van der Waals surface area (Å²) in [5.41, 5.74) is 5.60. The molecule has 2 saturated heterocycles. The predicted octanol–water partition coefficient (Wildman–Crippen LogP) is 3.62. The fraction of sp³-hybridized carbons (Fsp3) is 0.345. The molecule has 0 aliphatic carbocycles. The smallest absolute Gasteiger partial charge is 0.272 e. The zero-order valence-corrected chi connectivity index (χ0v) is 21.1. The van der Waals surface area contributed by atoms with Crippen LogP contribution in [0.1, 0.15) is 32.1 Å². The van der Waals surface area contributed by atoms with Gasteiger partial charge in [-0.2, -0.15) is 0 Å². The molecule has 2 aliphatic rings. The monoisotopic (exact) mass is 483 g/mol. The van der Waals surface area contributed by atoms with Crippen LogP contribution in [-0.2, 0) is 0 Å². The van der Waals surface area contributed by atoms with Crippen LogP contribution < -0.4 is 9.80 Å². The van der Waals surface area contributed by atoms with Crippen LogP contribution in [0, 0.1) is 13.8 Å². The van der Waals surface area contributed by atoms with Crippen molar-refractivity contribution in [3.8, 4) is 0 Å². The van der Waals surface area contributed by atoms with Crippen molar-refractivity contribution in [3.05, 3.63) is 89.2 Å². The van der Waals surface area contributed by atoms with Gasteiger partial charge in [0.15, 0.2) is 0 Å². The summed E-state index contributed by atoms with van der Waals surface area (Å²) in [5.74, 6) is -0.225. The highest BCUT2D eigenvalue weighted by atomic mass is 16.2. The minimum absolute atomic E-state index is 0.113. The minimum atomic E-state index is -0.113. The van der Waals surface area contributed by atoms with Crippen LogP contribution in [0.3, 0.4) is 0 Å². The van der Waals surface area contributed by atoms with Gasteiger partial charge in [-0.25, -0.2) is 4.98 Å². The lowest BCUT2D eigenvalue weighted by Gasteiger charge is -2.37. The van der Waals surface area contributed by atoms with E-state index in [1.165, 1.54) is 22.5 Å². The Morgan fingerprint density at radius 3 is 1.33 bits per heavy atom. The molecule has 0 radical (unpaired) electrons. The lowest BCUT2D eigenvalue weighted by atomic mass is 10.1. The molecule has 186 valence electrons. The maximum Gasteiger partial charge on any atom is 0.272 e. The number of para-hydroxylation sites is 2. The van der Waals surface area contributed by atoms with Crippen molar-refractivity contribution < 1.29 is 9.59 Å². The van der Waals surface area contributed by atoms with Gasteiger partial charge in [0.05, 0.1) is 0 Å². The van der Waals surface area contributed by atoms with E-state index in [1.54, 1.807) is 18.2 Å². The SMILES string of the molecule is Cc1ccccc1N1CCN(C(=O)c2cccc(C(=O)N3CCN(c4ccccc4C)CC3)n2)CC1. The van der Waals surface area contributed by atoms with Crippen molar-refractivity contribution >= 4 is 23.2 Å². The maximum absolute atomic E-state index is 13.2. The second kappa shape index (κ2) is 10.4. The van der Waals surface area contributed by atoms with Crippen molar-refractivity contribution in [1.29, 1.82) is 0 Å².